The number of hydrogen-bond donors (Lipinski definition) is 3. The number of sulfonamides is 1. The Balaban J connectivity index is 1.58. The fraction of sp³-hybridized carbons (Fsp3) is 0.355. The van der Waals surface area contributed by atoms with Crippen LogP contribution in [0, 0.1) is 5.92 Å². The Morgan fingerprint density at radius 1 is 1.11 bits per heavy atom. The molecule has 1 aliphatic rings. The summed E-state index contributed by atoms with van der Waals surface area (Å²) in [6, 6.07) is 13.1. The summed E-state index contributed by atoms with van der Waals surface area (Å²) < 4.78 is 73.6. The molecule has 3 aromatic rings. The number of carbonyl (C=O) groups excluding carboxylic acids is 2. The fourth-order valence-corrected chi connectivity index (χ4v) is 6.03. The van der Waals surface area contributed by atoms with Crippen molar-refractivity contribution in [2.24, 2.45) is 5.92 Å². The van der Waals surface area contributed by atoms with Gasteiger partial charge in [0.15, 0.2) is 0 Å². The number of likely N-dealkylation sites (N-methyl/N-ethyl adjacent to an activating group) is 1. The second-order valence-corrected chi connectivity index (χ2v) is 13.3. The van der Waals surface area contributed by atoms with E-state index in [2.05, 4.69) is 10.0 Å². The molecule has 3 aromatic carbocycles. The van der Waals surface area contributed by atoms with Crippen LogP contribution in [0.3, 0.4) is 0 Å². The Bertz CT molecular complexity index is 1660. The number of nitrogens with zero attached hydrogens (tertiary/aromatic N) is 2. The molecule has 1 aliphatic heterocycles. The Labute approximate surface area is 270 Å². The number of amides is 3. The summed E-state index contributed by atoms with van der Waals surface area (Å²) in [6.45, 7) is 3.43. The highest BCUT2D eigenvalue weighted by Gasteiger charge is 2.33. The van der Waals surface area contributed by atoms with Gasteiger partial charge < -0.3 is 25.0 Å². The molecule has 0 fully saturated rings. The minimum Gasteiger partial charge on any atom is -0.488 e. The van der Waals surface area contributed by atoms with E-state index in [-0.39, 0.29) is 54.2 Å². The van der Waals surface area contributed by atoms with Crippen LogP contribution in [-0.2, 0) is 27.4 Å². The van der Waals surface area contributed by atoms with Gasteiger partial charge in [-0.2, -0.15) is 13.2 Å². The zero-order valence-corrected chi connectivity index (χ0v) is 26.8. The summed E-state index contributed by atoms with van der Waals surface area (Å²) in [5.74, 6) is -0.368. The van der Waals surface area contributed by atoms with Crippen LogP contribution in [0.15, 0.2) is 71.6 Å². The van der Waals surface area contributed by atoms with Gasteiger partial charge in [0.05, 0.1) is 36.1 Å². The van der Waals surface area contributed by atoms with Gasteiger partial charge in [-0.3, -0.25) is 9.52 Å². The molecule has 3 atom stereocenters. The Morgan fingerprint density at radius 3 is 2.35 bits per heavy atom. The first-order valence-corrected chi connectivity index (χ1v) is 16.1. The number of rotatable bonds is 8. The number of aliphatic hydroxyl groups excluding tert-OH is 1. The molecule has 248 valence electrons. The third-order valence-corrected chi connectivity index (χ3v) is 9.21. The van der Waals surface area contributed by atoms with E-state index in [4.69, 9.17) is 16.3 Å². The van der Waals surface area contributed by atoms with Crippen LogP contribution in [-0.4, -0.2) is 74.2 Å². The van der Waals surface area contributed by atoms with Gasteiger partial charge in [-0.25, -0.2) is 13.2 Å². The monoisotopic (exact) mass is 682 g/mol. The van der Waals surface area contributed by atoms with Crippen molar-refractivity contribution in [1.82, 2.24) is 9.80 Å². The Kier molecular flexibility index (Phi) is 10.7. The van der Waals surface area contributed by atoms with E-state index in [0.29, 0.717) is 16.3 Å². The van der Waals surface area contributed by atoms with Gasteiger partial charge in [0.25, 0.3) is 10.0 Å². The maximum absolute atomic E-state index is 13.5. The van der Waals surface area contributed by atoms with Crippen molar-refractivity contribution in [3.63, 3.8) is 0 Å². The minimum atomic E-state index is -4.51. The van der Waals surface area contributed by atoms with Gasteiger partial charge in [0.1, 0.15) is 11.9 Å². The lowest BCUT2D eigenvalue weighted by Gasteiger charge is -2.34. The van der Waals surface area contributed by atoms with Crippen molar-refractivity contribution in [3.05, 3.63) is 82.9 Å². The van der Waals surface area contributed by atoms with Gasteiger partial charge in [0.2, 0.25) is 5.91 Å². The number of nitrogens with one attached hydrogen (secondary N) is 2. The molecule has 1 heterocycles. The molecule has 15 heteroatoms. The van der Waals surface area contributed by atoms with Crippen LogP contribution in [0.5, 0.6) is 5.75 Å². The number of aliphatic hydroxyl groups is 1. The smallest absolute Gasteiger partial charge is 0.416 e. The molecule has 0 saturated heterocycles. The molecule has 10 nitrogen and oxygen atoms in total. The predicted octanol–water partition coefficient (Wildman–Crippen LogP) is 5.47. The van der Waals surface area contributed by atoms with E-state index >= 15 is 0 Å². The molecule has 0 bridgehead atoms. The molecule has 0 radical (unpaired) electrons. The summed E-state index contributed by atoms with van der Waals surface area (Å²) in [6.07, 6.45) is -5.34. The molecular formula is C31H34ClF3N4O6S. The predicted molar refractivity (Wildman–Crippen MR) is 167 cm³/mol. The van der Waals surface area contributed by atoms with Gasteiger partial charge >= 0.3 is 12.2 Å². The van der Waals surface area contributed by atoms with Crippen LogP contribution < -0.4 is 14.8 Å². The van der Waals surface area contributed by atoms with E-state index in [1.54, 1.807) is 6.92 Å². The summed E-state index contributed by atoms with van der Waals surface area (Å²) in [5, 5.41) is 12.8. The SMILES string of the molecule is C[C@@H]1CN([C@H](C)CO)C(=O)Cc2cc(NS(=O)(=O)c3ccc(Cl)cc3)ccc2O[C@H]1CN(C)C(=O)Nc1ccc(C(F)(F)F)cc1. The molecule has 46 heavy (non-hydrogen) atoms. The quantitative estimate of drug-likeness (QED) is 0.289. The van der Waals surface area contributed by atoms with E-state index in [1.165, 1.54) is 59.3 Å². The lowest BCUT2D eigenvalue weighted by molar-refractivity contribution is -0.137. The van der Waals surface area contributed by atoms with Crippen LogP contribution >= 0.6 is 11.6 Å². The lowest BCUT2D eigenvalue weighted by atomic mass is 10.0. The molecule has 0 saturated carbocycles. The second kappa shape index (κ2) is 14.2. The first-order chi connectivity index (χ1) is 21.6. The standard InChI is InChI=1S/C31H34ClF3N4O6S/c1-19-16-39(20(2)18-40)29(41)15-21-14-25(37-46(43,44)26-11-6-23(32)7-12-26)10-13-27(21)45-28(19)17-38(3)30(42)36-24-8-4-22(5-9-24)31(33,34)35/h4-14,19-20,28,37,40H,15-18H2,1-3H3,(H,36,42)/t19-,20-,28+/m1/s1. The topological polar surface area (TPSA) is 128 Å². The second-order valence-electron chi connectivity index (χ2n) is 11.2. The van der Waals surface area contributed by atoms with E-state index in [9.17, 15) is 36.3 Å². The highest BCUT2D eigenvalue weighted by Crippen LogP contribution is 2.31. The zero-order chi connectivity index (χ0) is 33.8. The van der Waals surface area contributed by atoms with Crippen LogP contribution in [0.2, 0.25) is 5.02 Å². The van der Waals surface area contributed by atoms with Crippen molar-refractivity contribution in [2.45, 2.75) is 43.5 Å². The van der Waals surface area contributed by atoms with Crippen molar-refractivity contribution in [1.29, 1.82) is 0 Å². The molecule has 3 N–H and O–H groups in total. The number of urea groups is 1. The lowest BCUT2D eigenvalue weighted by Crippen LogP contribution is -2.48. The average Bonchev–Trinajstić information content (AvgIpc) is 3.04. The largest absolute Gasteiger partial charge is 0.488 e. The van der Waals surface area contributed by atoms with E-state index in [1.807, 2.05) is 6.92 Å². The molecular weight excluding hydrogens is 649 g/mol. The number of fused-ring (bicyclic) bond motifs is 1. The molecule has 0 aliphatic carbocycles. The number of ether oxygens (including phenoxy) is 1. The maximum atomic E-state index is 13.5. The first kappa shape index (κ1) is 34.9. The number of carbonyl (C=O) groups is 2. The fourth-order valence-electron chi connectivity index (χ4n) is 4.85. The third-order valence-electron chi connectivity index (χ3n) is 7.56. The van der Waals surface area contributed by atoms with Crippen molar-refractivity contribution >= 4 is 44.9 Å². The molecule has 0 aromatic heterocycles. The number of alkyl halides is 3. The summed E-state index contributed by atoms with van der Waals surface area (Å²) in [7, 11) is -2.49. The number of anilines is 2. The van der Waals surface area contributed by atoms with Crippen molar-refractivity contribution in [3.8, 4) is 5.75 Å². The number of hydrogen-bond acceptors (Lipinski definition) is 6. The third kappa shape index (κ3) is 8.62. The Hall–Kier alpha value is -4.01. The van der Waals surface area contributed by atoms with Gasteiger partial charge in [-0.05, 0) is 73.7 Å². The highest BCUT2D eigenvalue weighted by atomic mass is 35.5. The van der Waals surface area contributed by atoms with Gasteiger partial charge in [-0.15, -0.1) is 0 Å². The van der Waals surface area contributed by atoms with Crippen molar-refractivity contribution in [2.75, 3.05) is 36.8 Å². The number of benzene rings is 3. The molecule has 0 unspecified atom stereocenters. The van der Waals surface area contributed by atoms with Crippen LogP contribution in [0.4, 0.5) is 29.3 Å². The van der Waals surface area contributed by atoms with Gasteiger partial charge in [0, 0.05) is 41.5 Å². The maximum Gasteiger partial charge on any atom is 0.416 e. The highest BCUT2D eigenvalue weighted by molar-refractivity contribution is 7.92. The number of halogens is 4. The molecule has 4 rings (SSSR count). The van der Waals surface area contributed by atoms with Gasteiger partial charge in [-0.1, -0.05) is 18.5 Å². The summed E-state index contributed by atoms with van der Waals surface area (Å²) in [5.41, 5.74) is -0.112. The molecule has 3 amide bonds. The summed E-state index contributed by atoms with van der Waals surface area (Å²) >= 11 is 5.89. The first-order valence-electron chi connectivity index (χ1n) is 14.2. The van der Waals surface area contributed by atoms with Crippen LogP contribution in [0.1, 0.15) is 25.0 Å². The Morgan fingerprint density at radius 2 is 1.74 bits per heavy atom. The van der Waals surface area contributed by atoms with E-state index in [0.717, 1.165) is 24.3 Å². The summed E-state index contributed by atoms with van der Waals surface area (Å²) in [4.78, 5) is 29.3. The van der Waals surface area contributed by atoms with E-state index < -0.39 is 39.9 Å². The normalized spacial score (nSPS) is 17.9. The average molecular weight is 683 g/mol. The van der Waals surface area contributed by atoms with Crippen LogP contribution in [0.25, 0.3) is 0 Å². The minimum absolute atomic E-state index is 0.0118. The molecule has 0 spiro atoms. The van der Waals surface area contributed by atoms with Crippen molar-refractivity contribution < 1.29 is 41.0 Å². The zero-order valence-electron chi connectivity index (χ0n) is 25.2.